The fourth-order valence-corrected chi connectivity index (χ4v) is 6.96. The predicted molar refractivity (Wildman–Crippen MR) is 129 cm³/mol. The van der Waals surface area contributed by atoms with E-state index in [9.17, 15) is 17.8 Å². The molecule has 2 N–H and O–H groups in total. The molecule has 1 saturated carbocycles. The summed E-state index contributed by atoms with van der Waals surface area (Å²) in [5.74, 6) is -0.716. The van der Waals surface area contributed by atoms with Gasteiger partial charge in [-0.25, -0.2) is 13.4 Å². The number of hydrogen-bond acceptors (Lipinski definition) is 6. The fraction of sp³-hybridized carbons (Fsp3) is 0.308. The van der Waals surface area contributed by atoms with Crippen molar-refractivity contribution in [1.29, 1.82) is 0 Å². The molecule has 176 valence electrons. The van der Waals surface area contributed by atoms with Crippen molar-refractivity contribution < 1.29 is 17.8 Å². The van der Waals surface area contributed by atoms with Crippen LogP contribution in [0.1, 0.15) is 37.0 Å². The number of aromatic nitrogens is 1. The van der Waals surface area contributed by atoms with Crippen LogP contribution in [0.5, 0.6) is 0 Å². The molecule has 2 atom stereocenters. The first kappa shape index (κ1) is 22.6. The number of para-hydroxylation sites is 1. The molecule has 1 amide bonds. The number of carbonyl (C=O) groups is 1. The number of benzene rings is 2. The Morgan fingerprint density at radius 3 is 2.53 bits per heavy atom. The lowest BCUT2D eigenvalue weighted by Crippen LogP contribution is -2.47. The lowest BCUT2D eigenvalue weighted by molar-refractivity contribution is 0.0928. The van der Waals surface area contributed by atoms with Crippen LogP contribution < -0.4 is 10.9 Å². The molecule has 0 aliphatic heterocycles. The summed E-state index contributed by atoms with van der Waals surface area (Å²) in [5.41, 5.74) is 7.83. The number of rotatable bonds is 6. The van der Waals surface area contributed by atoms with E-state index in [1.54, 1.807) is 6.07 Å². The Kier molecular flexibility index (Phi) is 5.26. The molecule has 0 saturated heterocycles. The smallest absolute Gasteiger partial charge is 0.270 e. The third-order valence-electron chi connectivity index (χ3n) is 7.69. The zero-order valence-electron chi connectivity index (χ0n) is 19.0. The third-order valence-corrected chi connectivity index (χ3v) is 8.54. The van der Waals surface area contributed by atoms with E-state index in [1.807, 2.05) is 74.5 Å². The minimum atomic E-state index is -4.46. The Balaban J connectivity index is 1.46. The molecular formula is C26H26N3O4S-. The largest absolute Gasteiger partial charge is 0.748 e. The first-order valence-electron chi connectivity index (χ1n) is 11.3. The second kappa shape index (κ2) is 7.92. The van der Waals surface area contributed by atoms with Gasteiger partial charge in [0.1, 0.15) is 0 Å². The Labute approximate surface area is 199 Å². The summed E-state index contributed by atoms with van der Waals surface area (Å²) in [6.45, 7) is 3.98. The number of carbonyl (C=O) groups excluding carboxylic acids is 1. The maximum atomic E-state index is 13.3. The average molecular weight is 477 g/mol. The number of hydrazine groups is 1. The van der Waals surface area contributed by atoms with Crippen molar-refractivity contribution in [3.05, 3.63) is 78.0 Å². The molecule has 2 aliphatic carbocycles. The molecule has 7 nitrogen and oxygen atoms in total. The summed E-state index contributed by atoms with van der Waals surface area (Å²) in [5, 5.41) is 0.709. The molecule has 1 aromatic heterocycles. The van der Waals surface area contributed by atoms with Gasteiger partial charge in [-0.2, -0.15) is 0 Å². The predicted octanol–water partition coefficient (Wildman–Crippen LogP) is 4.00. The lowest BCUT2D eigenvalue weighted by atomic mass is 9.69. The van der Waals surface area contributed by atoms with E-state index >= 15 is 0 Å². The van der Waals surface area contributed by atoms with Gasteiger partial charge in [-0.05, 0) is 36.3 Å². The highest BCUT2D eigenvalue weighted by atomic mass is 32.2. The van der Waals surface area contributed by atoms with E-state index in [-0.39, 0.29) is 11.8 Å². The maximum Gasteiger partial charge on any atom is 0.270 e. The number of pyridine rings is 1. The Morgan fingerprint density at radius 2 is 1.82 bits per heavy atom. The quantitative estimate of drug-likeness (QED) is 0.411. The van der Waals surface area contributed by atoms with E-state index in [1.165, 1.54) is 0 Å². The van der Waals surface area contributed by atoms with Crippen LogP contribution in [0.15, 0.2) is 72.4 Å². The van der Waals surface area contributed by atoms with Gasteiger partial charge < -0.3 is 9.98 Å². The maximum absolute atomic E-state index is 13.3. The summed E-state index contributed by atoms with van der Waals surface area (Å²) in [6, 6.07) is 18.8. The molecule has 34 heavy (non-hydrogen) atoms. The van der Waals surface area contributed by atoms with E-state index < -0.39 is 26.7 Å². The van der Waals surface area contributed by atoms with Crippen molar-refractivity contribution >= 4 is 26.9 Å². The van der Waals surface area contributed by atoms with Crippen molar-refractivity contribution in [2.24, 2.45) is 16.7 Å². The summed E-state index contributed by atoms with van der Waals surface area (Å²) in [7, 11) is -4.46. The number of nitrogens with zero attached hydrogens (tertiary/aromatic N) is 1. The van der Waals surface area contributed by atoms with Crippen LogP contribution in [-0.4, -0.2) is 29.6 Å². The summed E-state index contributed by atoms with van der Waals surface area (Å²) >= 11 is 0. The van der Waals surface area contributed by atoms with Gasteiger partial charge in [0.05, 0.1) is 26.9 Å². The van der Waals surface area contributed by atoms with Gasteiger partial charge in [0, 0.05) is 27.8 Å². The number of amides is 1. The van der Waals surface area contributed by atoms with Crippen LogP contribution in [0.25, 0.3) is 22.2 Å². The lowest BCUT2D eigenvalue weighted by Gasteiger charge is -2.41. The topological polar surface area (TPSA) is 111 Å². The fourth-order valence-electron chi connectivity index (χ4n) is 5.68. The van der Waals surface area contributed by atoms with Gasteiger partial charge in [-0.1, -0.05) is 68.5 Å². The van der Waals surface area contributed by atoms with Crippen LogP contribution >= 0.6 is 0 Å². The van der Waals surface area contributed by atoms with Gasteiger partial charge in [0.25, 0.3) is 5.91 Å². The molecule has 8 heteroatoms. The first-order chi connectivity index (χ1) is 16.1. The van der Waals surface area contributed by atoms with Gasteiger partial charge >= 0.3 is 0 Å². The van der Waals surface area contributed by atoms with Crippen molar-refractivity contribution in [3.63, 3.8) is 0 Å². The molecule has 2 aromatic carbocycles. The molecular weight excluding hydrogens is 450 g/mol. The third kappa shape index (κ3) is 3.67. The monoisotopic (exact) mass is 476 g/mol. The van der Waals surface area contributed by atoms with Gasteiger partial charge in [0.15, 0.2) is 0 Å². The van der Waals surface area contributed by atoms with Crippen LogP contribution in [0.4, 0.5) is 0 Å². The molecule has 0 unspecified atom stereocenters. The molecule has 1 heterocycles. The highest BCUT2D eigenvalue weighted by Gasteiger charge is 2.61. The zero-order chi connectivity index (χ0) is 24.1. The van der Waals surface area contributed by atoms with Crippen LogP contribution in [-0.2, 0) is 10.1 Å². The number of fused-ring (bicyclic) bond motifs is 3. The molecule has 0 radical (unpaired) electrons. The van der Waals surface area contributed by atoms with E-state index in [4.69, 9.17) is 4.98 Å². The standard InChI is InChI=1S/C26H27N3O4S/c1-25(2)18-12-13-26(25,16-34(31,32)33)23(14-18)28-29-24(30)20-15-22(17-8-4-3-5-9-17)27-21-11-7-6-10-19(20)21/h3-11,14-15,18,28H,12-13,16H2,1-2H3,(H,29,30)(H,31,32,33)/p-1/t18-,26+/m1/s1. The number of allylic oxidation sites excluding steroid dienone is 2. The molecule has 2 bridgehead atoms. The first-order valence-corrected chi connectivity index (χ1v) is 12.9. The van der Waals surface area contributed by atoms with Crippen LogP contribution in [0.3, 0.4) is 0 Å². The molecule has 1 fully saturated rings. The van der Waals surface area contributed by atoms with Crippen molar-refractivity contribution in [3.8, 4) is 11.3 Å². The minimum absolute atomic E-state index is 0.139. The van der Waals surface area contributed by atoms with Crippen LogP contribution in [0, 0.1) is 16.7 Å². The van der Waals surface area contributed by atoms with E-state index in [0.717, 1.165) is 12.0 Å². The normalized spacial score (nSPS) is 23.0. The Bertz CT molecular complexity index is 1420. The van der Waals surface area contributed by atoms with Crippen molar-refractivity contribution in [1.82, 2.24) is 15.8 Å². The SMILES string of the molecule is CC1(C)[C@H]2C=C(NNC(=O)c3cc(-c4ccccc4)nc4ccccc34)[C@@]1(CS(=O)(=O)[O-])CC2. The molecule has 5 rings (SSSR count). The van der Waals surface area contributed by atoms with Crippen LogP contribution in [0.2, 0.25) is 0 Å². The summed E-state index contributed by atoms with van der Waals surface area (Å²) < 4.78 is 35.3. The second-order valence-electron chi connectivity index (χ2n) is 9.75. The minimum Gasteiger partial charge on any atom is -0.748 e. The van der Waals surface area contributed by atoms with Gasteiger partial charge in [-0.15, -0.1) is 0 Å². The second-order valence-corrected chi connectivity index (χ2v) is 11.2. The van der Waals surface area contributed by atoms with Crippen molar-refractivity contribution in [2.45, 2.75) is 26.7 Å². The molecule has 3 aromatic rings. The van der Waals surface area contributed by atoms with Gasteiger partial charge in [-0.3, -0.25) is 10.2 Å². The summed E-state index contributed by atoms with van der Waals surface area (Å²) in [4.78, 5) is 18.1. The summed E-state index contributed by atoms with van der Waals surface area (Å²) in [6.07, 6.45) is 3.36. The Hall–Kier alpha value is -3.23. The molecule has 2 aliphatic rings. The highest BCUT2D eigenvalue weighted by molar-refractivity contribution is 7.85. The average Bonchev–Trinajstić information content (AvgIpc) is 3.16. The van der Waals surface area contributed by atoms with Crippen molar-refractivity contribution in [2.75, 3.05) is 5.75 Å². The van der Waals surface area contributed by atoms with E-state index in [0.29, 0.717) is 34.3 Å². The number of hydrogen-bond donors (Lipinski definition) is 2. The zero-order valence-corrected chi connectivity index (χ0v) is 19.9. The Morgan fingerprint density at radius 1 is 1.12 bits per heavy atom. The molecule has 0 spiro atoms. The van der Waals surface area contributed by atoms with Gasteiger partial charge in [0.2, 0.25) is 0 Å². The number of nitrogens with one attached hydrogen (secondary N) is 2. The van der Waals surface area contributed by atoms with E-state index in [2.05, 4.69) is 10.9 Å². The highest BCUT2D eigenvalue weighted by Crippen LogP contribution is 2.64.